The number of hydrogen-bond donors (Lipinski definition) is 1. The van der Waals surface area contributed by atoms with Gasteiger partial charge in [0.1, 0.15) is 11.6 Å². The molecule has 0 saturated heterocycles. The molecular weight excluding hydrogens is 377 g/mol. The van der Waals surface area contributed by atoms with Gasteiger partial charge in [-0.15, -0.1) is 0 Å². The molecule has 0 saturated carbocycles. The van der Waals surface area contributed by atoms with Gasteiger partial charge in [-0.1, -0.05) is 50.6 Å². The molecule has 0 aliphatic heterocycles. The number of benzene rings is 1. The first kappa shape index (κ1) is 24.6. The fraction of sp³-hybridized carbons (Fsp3) is 0.591. The number of rotatable bonds is 6. The maximum Gasteiger partial charge on any atom is 0.408 e. The van der Waals surface area contributed by atoms with E-state index in [0.717, 1.165) is 5.56 Å². The summed E-state index contributed by atoms with van der Waals surface area (Å²) in [6.45, 7) is 12.7. The molecule has 2 atom stereocenters. The number of aryl methyl sites for hydroxylation is 1. The van der Waals surface area contributed by atoms with Crippen molar-refractivity contribution >= 4 is 17.8 Å². The second kappa shape index (κ2) is 8.93. The third-order valence-electron chi connectivity index (χ3n) is 4.05. The predicted molar refractivity (Wildman–Crippen MR) is 108 cm³/mol. The van der Waals surface area contributed by atoms with Crippen molar-refractivity contribution in [1.29, 1.82) is 0 Å². The summed E-state index contributed by atoms with van der Waals surface area (Å²) in [7, 11) is 0. The topological polar surface area (TPSA) is 81.7 Å². The first-order valence-electron chi connectivity index (χ1n) is 9.60. The van der Waals surface area contributed by atoms with E-state index in [9.17, 15) is 14.4 Å². The van der Waals surface area contributed by atoms with Crippen LogP contribution in [0.2, 0.25) is 0 Å². The lowest BCUT2D eigenvalue weighted by Crippen LogP contribution is -2.58. The highest BCUT2D eigenvalue weighted by molar-refractivity contribution is 6.10. The Morgan fingerprint density at radius 2 is 1.55 bits per heavy atom. The lowest BCUT2D eigenvalue weighted by atomic mass is 9.75. The number of alkyl carbamates (subject to hydrolysis) is 1. The van der Waals surface area contributed by atoms with Gasteiger partial charge in [0.2, 0.25) is 0 Å². The van der Waals surface area contributed by atoms with E-state index in [1.165, 1.54) is 27.7 Å². The van der Waals surface area contributed by atoms with Gasteiger partial charge < -0.3 is 14.8 Å². The number of ketones is 1. The van der Waals surface area contributed by atoms with Gasteiger partial charge in [-0.05, 0) is 40.2 Å². The Kier molecular flexibility index (Phi) is 7.57. The van der Waals surface area contributed by atoms with Crippen LogP contribution in [0.1, 0.15) is 65.6 Å². The first-order valence-corrected chi connectivity index (χ1v) is 9.60. The first-order chi connectivity index (χ1) is 13.1. The average molecular weight is 409 g/mol. The summed E-state index contributed by atoms with van der Waals surface area (Å²) in [5, 5.41) is 2.38. The minimum Gasteiger partial charge on any atom is -0.463 e. The van der Waals surface area contributed by atoms with E-state index in [2.05, 4.69) is 5.32 Å². The van der Waals surface area contributed by atoms with E-state index in [0.29, 0.717) is 0 Å². The minimum absolute atomic E-state index is 0.116. The van der Waals surface area contributed by atoms with Gasteiger partial charge in [0.15, 0.2) is 5.78 Å². The van der Waals surface area contributed by atoms with Crippen LogP contribution < -0.4 is 5.32 Å². The lowest BCUT2D eigenvalue weighted by molar-refractivity contribution is -0.168. The van der Waals surface area contributed by atoms with Gasteiger partial charge in [0.05, 0.1) is 6.61 Å². The van der Waals surface area contributed by atoms with E-state index < -0.39 is 40.6 Å². The molecular formula is C22H32FNO5. The van der Waals surface area contributed by atoms with Gasteiger partial charge in [0, 0.05) is 5.41 Å². The molecule has 0 unspecified atom stereocenters. The molecule has 0 aromatic heterocycles. The van der Waals surface area contributed by atoms with Crippen LogP contribution in [0.4, 0.5) is 9.18 Å². The molecule has 1 N–H and O–H groups in total. The smallest absolute Gasteiger partial charge is 0.408 e. The zero-order valence-corrected chi connectivity index (χ0v) is 18.5. The quantitative estimate of drug-likeness (QED) is 0.555. The van der Waals surface area contributed by atoms with E-state index in [4.69, 9.17) is 9.47 Å². The SMILES string of the molecule is CCOC(=O)[C@@](F)(C(=O)C(C)(C)C)[C@@H](NC(=O)OC(C)(C)C)c1ccc(C)cc1. The van der Waals surface area contributed by atoms with Crippen LogP contribution in [-0.2, 0) is 19.1 Å². The zero-order chi connectivity index (χ0) is 22.6. The summed E-state index contributed by atoms with van der Waals surface area (Å²) in [6.07, 6.45) is -0.948. The molecule has 0 fully saturated rings. The molecule has 29 heavy (non-hydrogen) atoms. The number of Topliss-reactive ketones (excluding diaryl/α,β-unsaturated/α-hetero) is 1. The third kappa shape index (κ3) is 6.27. The number of halogens is 1. The summed E-state index contributed by atoms with van der Waals surface area (Å²) in [5.74, 6) is -2.34. The Morgan fingerprint density at radius 1 is 1.03 bits per heavy atom. The minimum atomic E-state index is -3.14. The van der Waals surface area contributed by atoms with E-state index in [1.54, 1.807) is 45.0 Å². The standard InChI is InChI=1S/C22H32FNO5/c1-9-28-18(26)22(23,17(25)20(3,4)5)16(15-12-10-14(2)11-13-15)24-19(27)29-21(6,7)8/h10-13,16H,9H2,1-8H3,(H,24,27)/t16-,22-/m0/s1. The van der Waals surface area contributed by atoms with Gasteiger partial charge in [0.25, 0.3) is 5.67 Å². The van der Waals surface area contributed by atoms with Crippen molar-refractivity contribution in [2.24, 2.45) is 5.41 Å². The molecule has 0 spiro atoms. The maximum atomic E-state index is 16.4. The number of ether oxygens (including phenoxy) is 2. The number of alkyl halides is 1. The molecule has 0 aliphatic carbocycles. The molecule has 0 aliphatic rings. The fourth-order valence-electron chi connectivity index (χ4n) is 2.72. The molecule has 1 aromatic rings. The van der Waals surface area contributed by atoms with Gasteiger partial charge >= 0.3 is 12.1 Å². The summed E-state index contributed by atoms with van der Waals surface area (Å²) < 4.78 is 26.6. The van der Waals surface area contributed by atoms with Crippen molar-refractivity contribution in [2.75, 3.05) is 6.61 Å². The van der Waals surface area contributed by atoms with Gasteiger partial charge in [-0.2, -0.15) is 0 Å². The van der Waals surface area contributed by atoms with Crippen molar-refractivity contribution < 1.29 is 28.2 Å². The number of esters is 1. The highest BCUT2D eigenvalue weighted by Gasteiger charge is 2.58. The Bertz CT molecular complexity index is 746. The molecule has 0 radical (unpaired) electrons. The van der Waals surface area contributed by atoms with Crippen LogP contribution in [0.25, 0.3) is 0 Å². The molecule has 7 heteroatoms. The molecule has 1 aromatic carbocycles. The highest BCUT2D eigenvalue weighted by Crippen LogP contribution is 2.38. The summed E-state index contributed by atoms with van der Waals surface area (Å²) >= 11 is 0. The molecule has 1 rings (SSSR count). The largest absolute Gasteiger partial charge is 0.463 e. The van der Waals surface area contributed by atoms with E-state index in [1.807, 2.05) is 6.92 Å². The fourth-order valence-corrected chi connectivity index (χ4v) is 2.72. The normalized spacial score (nSPS) is 15.1. The predicted octanol–water partition coefficient (Wildman–Crippen LogP) is 4.45. The van der Waals surface area contributed by atoms with Crippen LogP contribution >= 0.6 is 0 Å². The zero-order valence-electron chi connectivity index (χ0n) is 18.5. The van der Waals surface area contributed by atoms with Crippen LogP contribution in [0.3, 0.4) is 0 Å². The summed E-state index contributed by atoms with van der Waals surface area (Å²) in [4.78, 5) is 38.2. The number of hydrogen-bond acceptors (Lipinski definition) is 5. The van der Waals surface area contributed by atoms with Crippen LogP contribution in [0, 0.1) is 12.3 Å². The highest BCUT2D eigenvalue weighted by atomic mass is 19.1. The van der Waals surface area contributed by atoms with Crippen LogP contribution in [-0.4, -0.2) is 35.7 Å². The summed E-state index contributed by atoms with van der Waals surface area (Å²) in [6, 6.07) is 4.89. The number of nitrogens with one attached hydrogen (secondary N) is 1. The number of carbonyl (C=O) groups excluding carboxylic acids is 3. The van der Waals surface area contributed by atoms with Crippen molar-refractivity contribution in [3.05, 3.63) is 35.4 Å². The van der Waals surface area contributed by atoms with Crippen molar-refractivity contribution in [2.45, 2.75) is 72.7 Å². The Balaban J connectivity index is 3.58. The van der Waals surface area contributed by atoms with Crippen LogP contribution in [0.15, 0.2) is 24.3 Å². The van der Waals surface area contributed by atoms with Crippen molar-refractivity contribution in [3.63, 3.8) is 0 Å². The Labute approximate surface area is 172 Å². The molecule has 0 bridgehead atoms. The Morgan fingerprint density at radius 3 is 1.97 bits per heavy atom. The Hall–Kier alpha value is -2.44. The monoisotopic (exact) mass is 409 g/mol. The van der Waals surface area contributed by atoms with Crippen LogP contribution in [0.5, 0.6) is 0 Å². The van der Waals surface area contributed by atoms with Gasteiger partial charge in [-0.3, -0.25) is 4.79 Å². The molecule has 1 amide bonds. The van der Waals surface area contributed by atoms with E-state index >= 15 is 4.39 Å². The van der Waals surface area contributed by atoms with Crippen molar-refractivity contribution in [3.8, 4) is 0 Å². The molecule has 6 nitrogen and oxygen atoms in total. The maximum absolute atomic E-state index is 16.4. The van der Waals surface area contributed by atoms with Gasteiger partial charge in [-0.25, -0.2) is 14.0 Å². The van der Waals surface area contributed by atoms with E-state index in [-0.39, 0.29) is 12.2 Å². The lowest BCUT2D eigenvalue weighted by Gasteiger charge is -2.35. The second-order valence-corrected chi connectivity index (χ2v) is 9.00. The molecule has 0 heterocycles. The molecule has 162 valence electrons. The number of amides is 1. The van der Waals surface area contributed by atoms with Crippen molar-refractivity contribution in [1.82, 2.24) is 5.32 Å². The summed E-state index contributed by atoms with van der Waals surface area (Å²) in [5.41, 5.74) is -4.05. The average Bonchev–Trinajstić information content (AvgIpc) is 2.57. The second-order valence-electron chi connectivity index (χ2n) is 9.00. The third-order valence-corrected chi connectivity index (χ3v) is 4.05. The number of carbonyl (C=O) groups is 3.